The highest BCUT2D eigenvalue weighted by Gasteiger charge is 2.24. The number of rotatable bonds is 7. The lowest BCUT2D eigenvalue weighted by Gasteiger charge is -2.18. The van der Waals surface area contributed by atoms with E-state index in [0.29, 0.717) is 12.1 Å². The number of carbonyl (C=O) groups is 1. The monoisotopic (exact) mass is 401 g/mol. The molecule has 30 heavy (non-hydrogen) atoms. The predicted molar refractivity (Wildman–Crippen MR) is 116 cm³/mol. The summed E-state index contributed by atoms with van der Waals surface area (Å²) in [6.45, 7) is 2.54. The summed E-state index contributed by atoms with van der Waals surface area (Å²) in [6, 6.07) is 20.6. The van der Waals surface area contributed by atoms with Gasteiger partial charge in [0.25, 0.3) is 0 Å². The molecule has 0 aliphatic heterocycles. The number of amides is 1. The number of imidazole rings is 1. The van der Waals surface area contributed by atoms with Gasteiger partial charge in [0.2, 0.25) is 5.91 Å². The van der Waals surface area contributed by atoms with E-state index in [9.17, 15) is 9.18 Å². The standard InChI is InChI=1S/C25H24FN3O/c1-18-12-14-29-23(17-28-24(29)15-18)21(20-9-5-6-10-22(20)26)16-25(30)27-13-11-19-7-3-2-4-8-19/h2-10,12,14-15,17,21H,11,13,16H2,1H3,(H,27,30). The zero-order valence-corrected chi connectivity index (χ0v) is 16.9. The lowest BCUT2D eigenvalue weighted by Crippen LogP contribution is -2.28. The summed E-state index contributed by atoms with van der Waals surface area (Å²) in [5, 5.41) is 2.98. The number of nitrogens with one attached hydrogen (secondary N) is 1. The van der Waals surface area contributed by atoms with Crippen molar-refractivity contribution in [3.8, 4) is 0 Å². The third-order valence-electron chi connectivity index (χ3n) is 5.30. The SMILES string of the molecule is Cc1ccn2c(C(CC(=O)NCCc3ccccc3)c3ccccc3F)cnc2c1. The van der Waals surface area contributed by atoms with Crippen molar-refractivity contribution in [3.05, 3.63) is 107 Å². The van der Waals surface area contributed by atoms with Gasteiger partial charge in [-0.25, -0.2) is 9.37 Å². The lowest BCUT2D eigenvalue weighted by molar-refractivity contribution is -0.121. The van der Waals surface area contributed by atoms with Crippen molar-refractivity contribution in [1.29, 1.82) is 0 Å². The minimum absolute atomic E-state index is 0.110. The summed E-state index contributed by atoms with van der Waals surface area (Å²) in [4.78, 5) is 17.2. The van der Waals surface area contributed by atoms with Crippen LogP contribution in [0.5, 0.6) is 0 Å². The van der Waals surface area contributed by atoms with E-state index in [2.05, 4.69) is 10.3 Å². The maximum atomic E-state index is 14.7. The van der Waals surface area contributed by atoms with Crippen molar-refractivity contribution in [1.82, 2.24) is 14.7 Å². The number of carbonyl (C=O) groups excluding carboxylic acids is 1. The number of halogens is 1. The molecule has 0 radical (unpaired) electrons. The normalized spacial score (nSPS) is 12.1. The molecule has 1 amide bonds. The van der Waals surface area contributed by atoms with Crippen LogP contribution in [0.4, 0.5) is 4.39 Å². The first kappa shape index (κ1) is 19.8. The predicted octanol–water partition coefficient (Wildman–Crippen LogP) is 4.66. The molecule has 0 spiro atoms. The van der Waals surface area contributed by atoms with Gasteiger partial charge in [-0.1, -0.05) is 48.5 Å². The van der Waals surface area contributed by atoms with Crippen molar-refractivity contribution in [2.24, 2.45) is 0 Å². The Balaban J connectivity index is 1.56. The smallest absolute Gasteiger partial charge is 0.221 e. The summed E-state index contributed by atoms with van der Waals surface area (Å²) in [5.74, 6) is -0.858. The van der Waals surface area contributed by atoms with Crippen LogP contribution in [0.15, 0.2) is 79.1 Å². The molecule has 4 nitrogen and oxygen atoms in total. The van der Waals surface area contributed by atoms with E-state index in [1.807, 2.05) is 60.0 Å². The van der Waals surface area contributed by atoms with Crippen molar-refractivity contribution < 1.29 is 9.18 Å². The van der Waals surface area contributed by atoms with Gasteiger partial charge in [-0.05, 0) is 48.2 Å². The first-order valence-electron chi connectivity index (χ1n) is 10.1. The molecule has 5 heteroatoms. The molecular formula is C25H24FN3O. The van der Waals surface area contributed by atoms with E-state index in [1.54, 1.807) is 24.4 Å². The zero-order chi connectivity index (χ0) is 20.9. The zero-order valence-electron chi connectivity index (χ0n) is 16.9. The molecular weight excluding hydrogens is 377 g/mol. The minimum Gasteiger partial charge on any atom is -0.356 e. The number of nitrogens with zero attached hydrogens (tertiary/aromatic N) is 2. The minimum atomic E-state index is -0.430. The summed E-state index contributed by atoms with van der Waals surface area (Å²) < 4.78 is 16.6. The van der Waals surface area contributed by atoms with Crippen LogP contribution in [0.2, 0.25) is 0 Å². The molecule has 0 aliphatic carbocycles. The Morgan fingerprint density at radius 1 is 1.10 bits per heavy atom. The Labute approximate surface area is 175 Å². The van der Waals surface area contributed by atoms with E-state index in [4.69, 9.17) is 0 Å². The van der Waals surface area contributed by atoms with Gasteiger partial charge in [-0.2, -0.15) is 0 Å². The van der Waals surface area contributed by atoms with E-state index in [0.717, 1.165) is 23.3 Å². The van der Waals surface area contributed by atoms with Gasteiger partial charge in [0.05, 0.1) is 5.69 Å². The molecule has 1 N–H and O–H groups in total. The first-order valence-corrected chi connectivity index (χ1v) is 10.1. The van der Waals surface area contributed by atoms with Crippen LogP contribution in [-0.2, 0) is 11.2 Å². The molecule has 2 aromatic carbocycles. The molecule has 0 fully saturated rings. The number of aromatic nitrogens is 2. The van der Waals surface area contributed by atoms with Gasteiger partial charge in [0, 0.05) is 31.3 Å². The van der Waals surface area contributed by atoms with Gasteiger partial charge in [0.15, 0.2) is 0 Å². The summed E-state index contributed by atoms with van der Waals surface area (Å²) in [7, 11) is 0. The number of benzene rings is 2. The van der Waals surface area contributed by atoms with Crippen molar-refractivity contribution in [2.45, 2.75) is 25.7 Å². The van der Waals surface area contributed by atoms with Gasteiger partial charge in [-0.15, -0.1) is 0 Å². The van der Waals surface area contributed by atoms with Crippen molar-refractivity contribution >= 4 is 11.6 Å². The molecule has 0 aliphatic rings. The third-order valence-corrected chi connectivity index (χ3v) is 5.30. The molecule has 4 rings (SSSR count). The van der Waals surface area contributed by atoms with Crippen LogP contribution in [0, 0.1) is 12.7 Å². The second-order valence-corrected chi connectivity index (χ2v) is 7.48. The third kappa shape index (κ3) is 4.40. The van der Waals surface area contributed by atoms with Crippen molar-refractivity contribution in [2.75, 3.05) is 6.54 Å². The average Bonchev–Trinajstić information content (AvgIpc) is 3.16. The largest absolute Gasteiger partial charge is 0.356 e. The Hall–Kier alpha value is -3.47. The first-order chi connectivity index (χ1) is 14.6. The topological polar surface area (TPSA) is 46.4 Å². The highest BCUT2D eigenvalue weighted by molar-refractivity contribution is 5.77. The molecule has 4 aromatic rings. The summed E-state index contributed by atoms with van der Waals surface area (Å²) in [6.07, 6.45) is 4.57. The van der Waals surface area contributed by atoms with E-state index in [1.165, 1.54) is 11.6 Å². The molecule has 2 heterocycles. The fourth-order valence-electron chi connectivity index (χ4n) is 3.74. The van der Waals surface area contributed by atoms with Crippen LogP contribution in [0.3, 0.4) is 0 Å². The number of aryl methyl sites for hydroxylation is 1. The number of fused-ring (bicyclic) bond motifs is 1. The van der Waals surface area contributed by atoms with Gasteiger partial charge in [0.1, 0.15) is 11.5 Å². The molecule has 152 valence electrons. The van der Waals surface area contributed by atoms with Crippen LogP contribution >= 0.6 is 0 Å². The van der Waals surface area contributed by atoms with Crippen LogP contribution in [-0.4, -0.2) is 21.8 Å². The maximum absolute atomic E-state index is 14.7. The molecule has 2 aromatic heterocycles. The number of hydrogen-bond acceptors (Lipinski definition) is 2. The Bertz CT molecular complexity index is 1150. The second-order valence-electron chi connectivity index (χ2n) is 7.48. The van der Waals surface area contributed by atoms with Gasteiger partial charge in [-0.3, -0.25) is 4.79 Å². The van der Waals surface area contributed by atoms with Crippen LogP contribution in [0.25, 0.3) is 5.65 Å². The summed E-state index contributed by atoms with van der Waals surface area (Å²) in [5.41, 5.74) is 4.35. The fourth-order valence-corrected chi connectivity index (χ4v) is 3.74. The van der Waals surface area contributed by atoms with E-state index in [-0.39, 0.29) is 18.1 Å². The second kappa shape index (κ2) is 8.91. The summed E-state index contributed by atoms with van der Waals surface area (Å²) >= 11 is 0. The quantitative estimate of drug-likeness (QED) is 0.489. The maximum Gasteiger partial charge on any atom is 0.221 e. The Morgan fingerprint density at radius 2 is 1.87 bits per heavy atom. The lowest BCUT2D eigenvalue weighted by atomic mass is 9.91. The van der Waals surface area contributed by atoms with Crippen LogP contribution in [0.1, 0.15) is 34.7 Å². The van der Waals surface area contributed by atoms with E-state index < -0.39 is 5.92 Å². The Morgan fingerprint density at radius 3 is 2.67 bits per heavy atom. The molecule has 1 unspecified atom stereocenters. The molecule has 0 saturated heterocycles. The molecule has 1 atom stereocenters. The number of hydrogen-bond donors (Lipinski definition) is 1. The highest BCUT2D eigenvalue weighted by Crippen LogP contribution is 2.30. The van der Waals surface area contributed by atoms with Gasteiger partial charge < -0.3 is 9.72 Å². The van der Waals surface area contributed by atoms with Crippen molar-refractivity contribution in [3.63, 3.8) is 0 Å². The number of pyridine rings is 1. The molecule has 0 saturated carbocycles. The highest BCUT2D eigenvalue weighted by atomic mass is 19.1. The van der Waals surface area contributed by atoms with Crippen LogP contribution < -0.4 is 5.32 Å². The van der Waals surface area contributed by atoms with Gasteiger partial charge >= 0.3 is 0 Å². The fraction of sp³-hybridized carbons (Fsp3) is 0.200. The average molecular weight is 401 g/mol. The van der Waals surface area contributed by atoms with E-state index >= 15 is 0 Å². The Kier molecular flexibility index (Phi) is 5.89. The molecule has 0 bridgehead atoms.